The largest absolute Gasteiger partial charge is 0.466 e. The minimum absolute atomic E-state index is 0.143. The average molecular weight is 344 g/mol. The summed E-state index contributed by atoms with van der Waals surface area (Å²) in [6, 6.07) is -2.09. The van der Waals surface area contributed by atoms with Gasteiger partial charge in [0.1, 0.15) is 6.04 Å². The minimum atomic E-state index is -1.11. The molecule has 4 amide bonds. The fourth-order valence-electron chi connectivity index (χ4n) is 2.04. The number of urea groups is 1. The van der Waals surface area contributed by atoms with Crippen LogP contribution in [-0.4, -0.2) is 60.0 Å². The van der Waals surface area contributed by atoms with E-state index in [4.69, 9.17) is 10.5 Å². The summed E-state index contributed by atoms with van der Waals surface area (Å²) in [5.74, 6) is -1.98. The van der Waals surface area contributed by atoms with E-state index in [-0.39, 0.29) is 31.7 Å². The Bertz CT molecular complexity index is 465. The van der Waals surface area contributed by atoms with Crippen molar-refractivity contribution in [3.8, 4) is 0 Å². The van der Waals surface area contributed by atoms with Crippen LogP contribution in [0.25, 0.3) is 0 Å². The molecule has 4 N–H and O–H groups in total. The number of hydrogen-bond acceptors (Lipinski definition) is 5. The molecular formula is C15H28N4O5. The van der Waals surface area contributed by atoms with Crippen molar-refractivity contribution in [2.24, 2.45) is 5.73 Å². The molecule has 9 heteroatoms. The van der Waals surface area contributed by atoms with Crippen LogP contribution in [0.15, 0.2) is 0 Å². The van der Waals surface area contributed by atoms with Crippen LogP contribution in [0, 0.1) is 0 Å². The molecule has 1 atom stereocenters. The molecule has 24 heavy (non-hydrogen) atoms. The van der Waals surface area contributed by atoms with Gasteiger partial charge in [-0.25, -0.2) is 4.79 Å². The Kier molecular flexibility index (Phi) is 9.44. The van der Waals surface area contributed by atoms with Gasteiger partial charge in [-0.2, -0.15) is 0 Å². The number of rotatable bonds is 9. The second-order valence-electron chi connectivity index (χ2n) is 5.81. The van der Waals surface area contributed by atoms with E-state index in [0.717, 1.165) is 0 Å². The zero-order valence-electron chi connectivity index (χ0n) is 14.9. The third-order valence-corrected chi connectivity index (χ3v) is 2.94. The van der Waals surface area contributed by atoms with Gasteiger partial charge in [0, 0.05) is 12.1 Å². The Morgan fingerprint density at radius 1 is 1.12 bits per heavy atom. The lowest BCUT2D eigenvalue weighted by Crippen LogP contribution is -2.57. The number of hydrogen-bond donors (Lipinski definition) is 3. The van der Waals surface area contributed by atoms with Crippen LogP contribution in [0.3, 0.4) is 0 Å². The predicted molar refractivity (Wildman–Crippen MR) is 87.9 cm³/mol. The molecule has 0 aliphatic rings. The predicted octanol–water partition coefficient (Wildman–Crippen LogP) is -0.262. The second kappa shape index (κ2) is 10.5. The van der Waals surface area contributed by atoms with Crippen LogP contribution in [-0.2, 0) is 19.1 Å². The lowest BCUT2D eigenvalue weighted by Gasteiger charge is -2.34. The monoisotopic (exact) mass is 344 g/mol. The van der Waals surface area contributed by atoms with Crippen molar-refractivity contribution >= 4 is 23.8 Å². The SMILES string of the molecule is CCOC(=O)CC(C(=O)NCC(N)=O)N(C(=O)NC(C)C)C(C)C. The van der Waals surface area contributed by atoms with E-state index in [1.165, 1.54) is 4.90 Å². The summed E-state index contributed by atoms with van der Waals surface area (Å²) in [5, 5.41) is 5.02. The summed E-state index contributed by atoms with van der Waals surface area (Å²) in [7, 11) is 0. The molecular weight excluding hydrogens is 316 g/mol. The van der Waals surface area contributed by atoms with E-state index in [1.807, 2.05) is 0 Å². The molecule has 9 nitrogen and oxygen atoms in total. The summed E-state index contributed by atoms with van der Waals surface area (Å²) < 4.78 is 4.87. The smallest absolute Gasteiger partial charge is 0.318 e. The minimum Gasteiger partial charge on any atom is -0.466 e. The fraction of sp³-hybridized carbons (Fsp3) is 0.733. The lowest BCUT2D eigenvalue weighted by atomic mass is 10.1. The molecule has 0 aliphatic carbocycles. The molecule has 0 heterocycles. The first kappa shape index (κ1) is 21.7. The fourth-order valence-corrected chi connectivity index (χ4v) is 2.04. The van der Waals surface area contributed by atoms with Crippen molar-refractivity contribution in [2.75, 3.05) is 13.2 Å². The Morgan fingerprint density at radius 2 is 1.71 bits per heavy atom. The lowest BCUT2D eigenvalue weighted by molar-refractivity contribution is -0.146. The van der Waals surface area contributed by atoms with Gasteiger partial charge >= 0.3 is 12.0 Å². The standard InChI is InChI=1S/C15H28N4O5/c1-6-24-13(21)7-11(14(22)17-8-12(16)20)19(10(4)5)15(23)18-9(2)3/h9-11H,6-8H2,1-5H3,(H2,16,20)(H,17,22)(H,18,23). The van der Waals surface area contributed by atoms with Crippen LogP contribution in [0.1, 0.15) is 41.0 Å². The Balaban J connectivity index is 5.41. The van der Waals surface area contributed by atoms with Crippen LogP contribution in [0.4, 0.5) is 4.79 Å². The number of nitrogens with one attached hydrogen (secondary N) is 2. The maximum absolute atomic E-state index is 12.4. The molecule has 0 aromatic rings. The summed E-state index contributed by atoms with van der Waals surface area (Å²) in [6.45, 7) is 8.43. The van der Waals surface area contributed by atoms with E-state index in [2.05, 4.69) is 10.6 Å². The van der Waals surface area contributed by atoms with Crippen molar-refractivity contribution in [2.45, 2.75) is 59.2 Å². The van der Waals surface area contributed by atoms with Gasteiger partial charge in [-0.15, -0.1) is 0 Å². The van der Waals surface area contributed by atoms with Gasteiger partial charge < -0.3 is 26.0 Å². The van der Waals surface area contributed by atoms with Gasteiger partial charge in [0.2, 0.25) is 11.8 Å². The first-order valence-electron chi connectivity index (χ1n) is 7.90. The third-order valence-electron chi connectivity index (χ3n) is 2.94. The summed E-state index contributed by atoms with van der Waals surface area (Å²) in [4.78, 5) is 48.7. The normalized spacial score (nSPS) is 11.8. The molecule has 1 unspecified atom stereocenters. The summed E-state index contributed by atoms with van der Waals surface area (Å²) in [6.07, 6.45) is -0.317. The summed E-state index contributed by atoms with van der Waals surface area (Å²) in [5.41, 5.74) is 5.01. The van der Waals surface area contributed by atoms with Crippen molar-refractivity contribution < 1.29 is 23.9 Å². The first-order valence-corrected chi connectivity index (χ1v) is 7.90. The Hall–Kier alpha value is -2.32. The van der Waals surface area contributed by atoms with E-state index in [0.29, 0.717) is 0 Å². The summed E-state index contributed by atoms with van der Waals surface area (Å²) >= 11 is 0. The van der Waals surface area contributed by atoms with Crippen LogP contribution in [0.5, 0.6) is 0 Å². The molecule has 0 rings (SSSR count). The van der Waals surface area contributed by atoms with Gasteiger partial charge in [-0.05, 0) is 34.6 Å². The zero-order chi connectivity index (χ0) is 18.9. The number of amides is 4. The van der Waals surface area contributed by atoms with Crippen molar-refractivity contribution in [3.05, 3.63) is 0 Å². The van der Waals surface area contributed by atoms with Crippen molar-refractivity contribution in [3.63, 3.8) is 0 Å². The molecule has 0 saturated heterocycles. The molecule has 0 spiro atoms. The van der Waals surface area contributed by atoms with E-state index in [1.54, 1.807) is 34.6 Å². The molecule has 0 aromatic carbocycles. The van der Waals surface area contributed by atoms with Gasteiger partial charge in [0.05, 0.1) is 19.6 Å². The molecule has 138 valence electrons. The third kappa shape index (κ3) is 7.80. The number of nitrogens with two attached hydrogens (primary N) is 1. The van der Waals surface area contributed by atoms with Crippen LogP contribution < -0.4 is 16.4 Å². The van der Waals surface area contributed by atoms with E-state index >= 15 is 0 Å². The number of ether oxygens (including phenoxy) is 1. The van der Waals surface area contributed by atoms with Gasteiger partial charge in [-0.3, -0.25) is 14.4 Å². The molecule has 0 saturated carbocycles. The Labute approximate surface area is 142 Å². The average Bonchev–Trinajstić information content (AvgIpc) is 2.42. The van der Waals surface area contributed by atoms with E-state index in [9.17, 15) is 19.2 Å². The van der Waals surface area contributed by atoms with Crippen molar-refractivity contribution in [1.82, 2.24) is 15.5 Å². The maximum atomic E-state index is 12.4. The quantitative estimate of drug-likeness (QED) is 0.496. The maximum Gasteiger partial charge on any atom is 0.318 e. The zero-order valence-corrected chi connectivity index (χ0v) is 14.9. The molecule has 0 fully saturated rings. The van der Waals surface area contributed by atoms with Gasteiger partial charge in [0.25, 0.3) is 0 Å². The highest BCUT2D eigenvalue weighted by atomic mass is 16.5. The number of carbonyl (C=O) groups excluding carboxylic acids is 4. The highest BCUT2D eigenvalue weighted by Gasteiger charge is 2.34. The van der Waals surface area contributed by atoms with Crippen LogP contribution >= 0.6 is 0 Å². The van der Waals surface area contributed by atoms with Gasteiger partial charge in [-0.1, -0.05) is 0 Å². The second-order valence-corrected chi connectivity index (χ2v) is 5.81. The topological polar surface area (TPSA) is 131 Å². The van der Waals surface area contributed by atoms with Gasteiger partial charge in [0.15, 0.2) is 0 Å². The highest BCUT2D eigenvalue weighted by Crippen LogP contribution is 2.12. The molecule has 0 aromatic heterocycles. The number of esters is 1. The van der Waals surface area contributed by atoms with E-state index < -0.39 is 29.9 Å². The van der Waals surface area contributed by atoms with Crippen LogP contribution in [0.2, 0.25) is 0 Å². The molecule has 0 aliphatic heterocycles. The molecule has 0 radical (unpaired) electrons. The first-order chi connectivity index (χ1) is 11.1. The number of nitrogens with zero attached hydrogens (tertiary/aromatic N) is 1. The Morgan fingerprint density at radius 3 is 2.12 bits per heavy atom. The number of carbonyl (C=O) groups is 4. The molecule has 0 bridgehead atoms. The van der Waals surface area contributed by atoms with Crippen molar-refractivity contribution in [1.29, 1.82) is 0 Å². The highest BCUT2D eigenvalue weighted by molar-refractivity contribution is 5.92. The number of primary amides is 1.